The Morgan fingerprint density at radius 2 is 1.88 bits per heavy atom. The number of hydrogen-bond donors (Lipinski definition) is 2. The number of rotatable bonds is 6. The summed E-state index contributed by atoms with van der Waals surface area (Å²) < 4.78 is 5.30. The minimum atomic E-state index is -0.235. The molecule has 0 bridgehead atoms. The molecule has 3 N–H and O–H groups in total. The highest BCUT2D eigenvalue weighted by atomic mass is 35.5. The molecule has 0 fully saturated rings. The highest BCUT2D eigenvalue weighted by Crippen LogP contribution is 2.30. The quantitative estimate of drug-likeness (QED) is 0.842. The van der Waals surface area contributed by atoms with E-state index in [1.807, 2.05) is 43.4 Å². The van der Waals surface area contributed by atoms with Gasteiger partial charge in [-0.05, 0) is 32.4 Å². The predicted octanol–water partition coefficient (Wildman–Crippen LogP) is 3.31. The average Bonchev–Trinajstić information content (AvgIpc) is 2.58. The van der Waals surface area contributed by atoms with Gasteiger partial charge in [-0.15, -0.1) is 0 Å². The molecule has 0 saturated carbocycles. The van der Waals surface area contributed by atoms with E-state index in [2.05, 4.69) is 24.4 Å². The number of carbonyl (C=O) groups excluding carboxylic acids is 1. The van der Waals surface area contributed by atoms with E-state index < -0.39 is 0 Å². The number of carbonyl (C=O) groups is 1. The van der Waals surface area contributed by atoms with Gasteiger partial charge in [0.15, 0.2) is 6.04 Å². The molecule has 0 unspecified atom stereocenters. The van der Waals surface area contributed by atoms with Crippen LogP contribution in [-0.4, -0.2) is 19.1 Å². The second-order valence-electron chi connectivity index (χ2n) is 5.97. The Kier molecular flexibility index (Phi) is 6.23. The minimum absolute atomic E-state index is 0.0715. The molecule has 2 aromatic carbocycles. The van der Waals surface area contributed by atoms with Gasteiger partial charge in [0.1, 0.15) is 11.8 Å². The van der Waals surface area contributed by atoms with Gasteiger partial charge in [-0.3, -0.25) is 4.79 Å². The van der Waals surface area contributed by atoms with E-state index in [1.165, 1.54) is 5.56 Å². The monoisotopic (exact) mass is 347 g/mol. The Hall–Kier alpha value is -2.04. The van der Waals surface area contributed by atoms with Crippen LogP contribution in [-0.2, 0) is 4.79 Å². The standard InChI is InChI=1S/C19H23ClN2O2/c1-12-10-17(18(24-4)11-16(12)20)22-19(23)14(3)21-13(2)15-8-6-5-7-9-15/h5-11,13-14,21H,1-4H3,(H,22,23)/p+1/t13-,14+/m1/s1. The van der Waals surface area contributed by atoms with Crippen LogP contribution in [0.2, 0.25) is 5.02 Å². The third-order valence-corrected chi connectivity index (χ3v) is 4.46. The summed E-state index contributed by atoms with van der Waals surface area (Å²) >= 11 is 6.10. The summed E-state index contributed by atoms with van der Waals surface area (Å²) in [7, 11) is 1.56. The van der Waals surface area contributed by atoms with Crippen molar-refractivity contribution in [2.75, 3.05) is 12.4 Å². The lowest BCUT2D eigenvalue weighted by molar-refractivity contribution is -0.709. The zero-order valence-electron chi connectivity index (χ0n) is 14.5. The molecule has 128 valence electrons. The molecule has 2 rings (SSSR count). The van der Waals surface area contributed by atoms with Gasteiger partial charge in [0.05, 0.1) is 12.8 Å². The largest absolute Gasteiger partial charge is 0.495 e. The first-order valence-corrected chi connectivity index (χ1v) is 8.35. The summed E-state index contributed by atoms with van der Waals surface area (Å²) in [4.78, 5) is 12.5. The SMILES string of the molecule is COc1cc(Cl)c(C)cc1NC(=O)[C@H](C)[NH2+][C@H](C)c1ccccc1. The molecule has 24 heavy (non-hydrogen) atoms. The second kappa shape index (κ2) is 8.18. The van der Waals surface area contributed by atoms with Crippen LogP contribution in [0.5, 0.6) is 5.75 Å². The third-order valence-electron chi connectivity index (χ3n) is 4.05. The smallest absolute Gasteiger partial charge is 0.282 e. The number of nitrogens with two attached hydrogens (primary N) is 1. The summed E-state index contributed by atoms with van der Waals surface area (Å²) in [6.45, 7) is 5.88. The van der Waals surface area contributed by atoms with E-state index in [9.17, 15) is 4.79 Å². The first-order valence-electron chi connectivity index (χ1n) is 7.97. The number of benzene rings is 2. The molecule has 0 saturated heterocycles. The molecule has 0 aliphatic rings. The van der Waals surface area contributed by atoms with Crippen LogP contribution in [0.1, 0.15) is 31.0 Å². The molecular formula is C19H24ClN2O2+. The number of amides is 1. The van der Waals surface area contributed by atoms with Crippen molar-refractivity contribution in [1.29, 1.82) is 0 Å². The van der Waals surface area contributed by atoms with Gasteiger partial charge in [0.2, 0.25) is 0 Å². The zero-order chi connectivity index (χ0) is 17.7. The molecule has 0 aliphatic heterocycles. The molecule has 2 atom stereocenters. The predicted molar refractivity (Wildman–Crippen MR) is 97.6 cm³/mol. The van der Waals surface area contributed by atoms with Crippen LogP contribution in [0, 0.1) is 6.92 Å². The molecule has 0 radical (unpaired) electrons. The number of aryl methyl sites for hydroxylation is 1. The van der Waals surface area contributed by atoms with E-state index >= 15 is 0 Å². The van der Waals surface area contributed by atoms with E-state index in [1.54, 1.807) is 13.2 Å². The van der Waals surface area contributed by atoms with E-state index in [0.29, 0.717) is 16.5 Å². The first-order chi connectivity index (χ1) is 11.4. The maximum atomic E-state index is 12.5. The van der Waals surface area contributed by atoms with E-state index in [-0.39, 0.29) is 18.0 Å². The van der Waals surface area contributed by atoms with Crippen LogP contribution in [0.4, 0.5) is 5.69 Å². The first kappa shape index (κ1) is 18.3. The van der Waals surface area contributed by atoms with Crippen LogP contribution in [0.3, 0.4) is 0 Å². The van der Waals surface area contributed by atoms with Crippen molar-refractivity contribution >= 4 is 23.2 Å². The number of nitrogens with one attached hydrogen (secondary N) is 1. The molecule has 2 aromatic rings. The highest BCUT2D eigenvalue weighted by molar-refractivity contribution is 6.31. The lowest BCUT2D eigenvalue weighted by atomic mass is 10.1. The number of hydrogen-bond acceptors (Lipinski definition) is 2. The lowest BCUT2D eigenvalue weighted by Crippen LogP contribution is -2.91. The van der Waals surface area contributed by atoms with Gasteiger partial charge < -0.3 is 15.4 Å². The van der Waals surface area contributed by atoms with Crippen LogP contribution in [0.25, 0.3) is 0 Å². The molecule has 0 aromatic heterocycles. The van der Waals surface area contributed by atoms with Crippen molar-refractivity contribution in [3.63, 3.8) is 0 Å². The van der Waals surface area contributed by atoms with Gasteiger partial charge >= 0.3 is 0 Å². The molecular weight excluding hydrogens is 324 g/mol. The van der Waals surface area contributed by atoms with Crippen LogP contribution >= 0.6 is 11.6 Å². The fourth-order valence-corrected chi connectivity index (χ4v) is 2.72. The van der Waals surface area contributed by atoms with Gasteiger partial charge in [0, 0.05) is 16.7 Å². The van der Waals surface area contributed by atoms with Crippen LogP contribution in [0.15, 0.2) is 42.5 Å². The van der Waals surface area contributed by atoms with Crippen molar-refractivity contribution in [3.05, 3.63) is 58.6 Å². The number of ether oxygens (including phenoxy) is 1. The molecule has 1 amide bonds. The molecule has 0 heterocycles. The Bertz CT molecular complexity index is 704. The van der Waals surface area contributed by atoms with Crippen molar-refractivity contribution in [2.24, 2.45) is 0 Å². The summed E-state index contributed by atoms with van der Waals surface area (Å²) in [5, 5.41) is 5.59. The Morgan fingerprint density at radius 1 is 1.21 bits per heavy atom. The van der Waals surface area contributed by atoms with E-state index in [4.69, 9.17) is 16.3 Å². The average molecular weight is 348 g/mol. The Balaban J connectivity index is 2.05. The zero-order valence-corrected chi connectivity index (χ0v) is 15.2. The van der Waals surface area contributed by atoms with Crippen molar-refractivity contribution in [1.82, 2.24) is 0 Å². The topological polar surface area (TPSA) is 54.9 Å². The Morgan fingerprint density at radius 3 is 2.50 bits per heavy atom. The van der Waals surface area contributed by atoms with Gasteiger partial charge in [-0.1, -0.05) is 41.9 Å². The number of halogens is 1. The summed E-state index contributed by atoms with van der Waals surface area (Å²) in [6, 6.07) is 13.6. The number of quaternary nitrogens is 1. The maximum absolute atomic E-state index is 12.5. The van der Waals surface area contributed by atoms with Gasteiger partial charge in [-0.2, -0.15) is 0 Å². The fourth-order valence-electron chi connectivity index (χ4n) is 2.56. The van der Waals surface area contributed by atoms with Crippen molar-refractivity contribution in [3.8, 4) is 5.75 Å². The van der Waals surface area contributed by atoms with Crippen molar-refractivity contribution in [2.45, 2.75) is 32.9 Å². The van der Waals surface area contributed by atoms with Crippen LogP contribution < -0.4 is 15.4 Å². The summed E-state index contributed by atoms with van der Waals surface area (Å²) in [6.07, 6.45) is 0. The molecule has 5 heteroatoms. The van der Waals surface area contributed by atoms with Gasteiger partial charge in [-0.25, -0.2) is 0 Å². The molecule has 0 spiro atoms. The van der Waals surface area contributed by atoms with Gasteiger partial charge in [0.25, 0.3) is 5.91 Å². The second-order valence-corrected chi connectivity index (χ2v) is 6.38. The molecule has 0 aliphatic carbocycles. The lowest BCUT2D eigenvalue weighted by Gasteiger charge is -2.18. The summed E-state index contributed by atoms with van der Waals surface area (Å²) in [5.41, 5.74) is 2.72. The number of methoxy groups -OCH3 is 1. The Labute approximate surface area is 148 Å². The summed E-state index contributed by atoms with van der Waals surface area (Å²) in [5.74, 6) is 0.486. The third kappa shape index (κ3) is 4.49. The maximum Gasteiger partial charge on any atom is 0.282 e. The normalized spacial score (nSPS) is 13.2. The highest BCUT2D eigenvalue weighted by Gasteiger charge is 2.21. The minimum Gasteiger partial charge on any atom is -0.495 e. The van der Waals surface area contributed by atoms with E-state index in [0.717, 1.165) is 5.56 Å². The van der Waals surface area contributed by atoms with Crippen molar-refractivity contribution < 1.29 is 14.8 Å². The fraction of sp³-hybridized carbons (Fsp3) is 0.316. The number of anilines is 1. The molecule has 4 nitrogen and oxygen atoms in total.